The van der Waals surface area contributed by atoms with Crippen molar-refractivity contribution in [2.45, 2.75) is 18.9 Å². The topological polar surface area (TPSA) is 26.0 Å². The van der Waals surface area contributed by atoms with Crippen molar-refractivity contribution in [3.63, 3.8) is 0 Å². The zero-order valence-electron chi connectivity index (χ0n) is 9.64. The Bertz CT molecular complexity index is 450. The lowest BCUT2D eigenvalue weighted by Gasteiger charge is -2.11. The quantitative estimate of drug-likeness (QED) is 0.902. The molecule has 0 aliphatic carbocycles. The zero-order chi connectivity index (χ0) is 12.1. The first kappa shape index (κ1) is 12.3. The summed E-state index contributed by atoms with van der Waals surface area (Å²) in [6.45, 7) is 0. The molecule has 1 nitrogen and oxygen atoms in total. The fourth-order valence-corrected chi connectivity index (χ4v) is 2.10. The van der Waals surface area contributed by atoms with E-state index in [2.05, 4.69) is 52.3 Å². The first-order valence-electron chi connectivity index (χ1n) is 5.80. The minimum absolute atomic E-state index is 0.125. The Hall–Kier alpha value is -1.12. The highest BCUT2D eigenvalue weighted by atomic mass is 79.9. The summed E-state index contributed by atoms with van der Waals surface area (Å²) in [6, 6.07) is 18.8. The van der Waals surface area contributed by atoms with E-state index in [1.165, 1.54) is 11.1 Å². The average molecular weight is 290 g/mol. The minimum atomic E-state index is 0.125. The summed E-state index contributed by atoms with van der Waals surface area (Å²) in [5.41, 5.74) is 8.71. The standard InChI is InChI=1S/C15H16BrN/c16-14-9-6-12(7-10-14)8-11-15(17)13-4-2-1-3-5-13/h1-7,9-10,15H,8,11,17H2. The van der Waals surface area contributed by atoms with Crippen LogP contribution in [0.25, 0.3) is 0 Å². The van der Waals surface area contributed by atoms with E-state index in [4.69, 9.17) is 5.73 Å². The number of halogens is 1. The highest BCUT2D eigenvalue weighted by Gasteiger charge is 2.05. The first-order valence-corrected chi connectivity index (χ1v) is 6.60. The van der Waals surface area contributed by atoms with Crippen molar-refractivity contribution in [1.82, 2.24) is 0 Å². The van der Waals surface area contributed by atoms with Crippen LogP contribution in [0.2, 0.25) is 0 Å². The van der Waals surface area contributed by atoms with E-state index in [1.54, 1.807) is 0 Å². The molecule has 17 heavy (non-hydrogen) atoms. The molecule has 0 spiro atoms. The van der Waals surface area contributed by atoms with Crippen molar-refractivity contribution in [3.8, 4) is 0 Å². The van der Waals surface area contributed by atoms with Gasteiger partial charge in [0.2, 0.25) is 0 Å². The number of hydrogen-bond donors (Lipinski definition) is 1. The van der Waals surface area contributed by atoms with E-state index in [-0.39, 0.29) is 6.04 Å². The van der Waals surface area contributed by atoms with Crippen LogP contribution in [0.3, 0.4) is 0 Å². The third-order valence-electron chi connectivity index (χ3n) is 2.88. The summed E-state index contributed by atoms with van der Waals surface area (Å²) in [5, 5.41) is 0. The van der Waals surface area contributed by atoms with Gasteiger partial charge in [-0.25, -0.2) is 0 Å². The van der Waals surface area contributed by atoms with Crippen molar-refractivity contribution in [1.29, 1.82) is 0 Å². The van der Waals surface area contributed by atoms with Gasteiger partial charge in [0.1, 0.15) is 0 Å². The SMILES string of the molecule is NC(CCc1ccc(Br)cc1)c1ccccc1. The summed E-state index contributed by atoms with van der Waals surface area (Å²) >= 11 is 3.44. The Morgan fingerprint density at radius 3 is 2.24 bits per heavy atom. The maximum Gasteiger partial charge on any atom is 0.0298 e. The van der Waals surface area contributed by atoms with E-state index in [1.807, 2.05) is 18.2 Å². The van der Waals surface area contributed by atoms with Crippen LogP contribution in [-0.2, 0) is 6.42 Å². The van der Waals surface area contributed by atoms with Crippen molar-refractivity contribution >= 4 is 15.9 Å². The van der Waals surface area contributed by atoms with Gasteiger partial charge >= 0.3 is 0 Å². The molecule has 2 aromatic rings. The molecule has 1 unspecified atom stereocenters. The third-order valence-corrected chi connectivity index (χ3v) is 3.41. The Balaban J connectivity index is 1.92. The lowest BCUT2D eigenvalue weighted by molar-refractivity contribution is 0.651. The molecule has 0 amide bonds. The van der Waals surface area contributed by atoms with Gasteiger partial charge in [0, 0.05) is 10.5 Å². The van der Waals surface area contributed by atoms with E-state index >= 15 is 0 Å². The monoisotopic (exact) mass is 289 g/mol. The maximum absolute atomic E-state index is 6.16. The van der Waals surface area contributed by atoms with Crippen LogP contribution in [0.15, 0.2) is 59.1 Å². The van der Waals surface area contributed by atoms with Gasteiger partial charge in [-0.2, -0.15) is 0 Å². The third kappa shape index (κ3) is 3.69. The summed E-state index contributed by atoms with van der Waals surface area (Å²) in [4.78, 5) is 0. The van der Waals surface area contributed by atoms with E-state index in [0.717, 1.165) is 17.3 Å². The number of hydrogen-bond acceptors (Lipinski definition) is 1. The molecule has 0 aliphatic rings. The largest absolute Gasteiger partial charge is 0.324 e. The van der Waals surface area contributed by atoms with Gasteiger partial charge in [-0.1, -0.05) is 58.4 Å². The van der Waals surface area contributed by atoms with Crippen LogP contribution in [0, 0.1) is 0 Å². The molecule has 0 saturated heterocycles. The number of rotatable bonds is 4. The molecule has 2 N–H and O–H groups in total. The van der Waals surface area contributed by atoms with Crippen LogP contribution in [0.5, 0.6) is 0 Å². The molecular weight excluding hydrogens is 274 g/mol. The molecule has 0 aromatic heterocycles. The minimum Gasteiger partial charge on any atom is -0.324 e. The molecule has 0 saturated carbocycles. The Morgan fingerprint density at radius 1 is 0.941 bits per heavy atom. The fraction of sp³-hybridized carbons (Fsp3) is 0.200. The van der Waals surface area contributed by atoms with E-state index in [9.17, 15) is 0 Å². The van der Waals surface area contributed by atoms with Crippen molar-refractivity contribution in [3.05, 3.63) is 70.2 Å². The summed E-state index contributed by atoms with van der Waals surface area (Å²) in [5.74, 6) is 0. The molecule has 0 fully saturated rings. The Morgan fingerprint density at radius 2 is 1.59 bits per heavy atom. The van der Waals surface area contributed by atoms with Crippen molar-refractivity contribution in [2.75, 3.05) is 0 Å². The van der Waals surface area contributed by atoms with Gasteiger partial charge in [-0.05, 0) is 36.1 Å². The molecule has 2 aromatic carbocycles. The molecule has 2 heteroatoms. The molecule has 0 aliphatic heterocycles. The highest BCUT2D eigenvalue weighted by Crippen LogP contribution is 2.17. The van der Waals surface area contributed by atoms with Crippen LogP contribution in [0.4, 0.5) is 0 Å². The summed E-state index contributed by atoms with van der Waals surface area (Å²) in [7, 11) is 0. The number of benzene rings is 2. The van der Waals surface area contributed by atoms with Gasteiger partial charge in [0.05, 0.1) is 0 Å². The molecule has 0 bridgehead atoms. The average Bonchev–Trinajstić information content (AvgIpc) is 2.39. The lowest BCUT2D eigenvalue weighted by atomic mass is 10.00. The van der Waals surface area contributed by atoms with E-state index < -0.39 is 0 Å². The van der Waals surface area contributed by atoms with Gasteiger partial charge in [0.25, 0.3) is 0 Å². The van der Waals surface area contributed by atoms with E-state index in [0.29, 0.717) is 0 Å². The number of aryl methyl sites for hydroxylation is 1. The number of nitrogens with two attached hydrogens (primary N) is 1. The molecule has 2 rings (SSSR count). The summed E-state index contributed by atoms with van der Waals surface area (Å²) in [6.07, 6.45) is 2.00. The smallest absolute Gasteiger partial charge is 0.0298 e. The van der Waals surface area contributed by atoms with Gasteiger partial charge in [-0.15, -0.1) is 0 Å². The van der Waals surface area contributed by atoms with Crippen molar-refractivity contribution in [2.24, 2.45) is 5.73 Å². The molecule has 0 radical (unpaired) electrons. The van der Waals surface area contributed by atoms with Crippen molar-refractivity contribution < 1.29 is 0 Å². The van der Waals surface area contributed by atoms with Gasteiger partial charge < -0.3 is 5.73 Å². The van der Waals surface area contributed by atoms with Gasteiger partial charge in [0.15, 0.2) is 0 Å². The Labute approximate surface area is 111 Å². The Kier molecular flexibility index (Phi) is 4.35. The summed E-state index contributed by atoms with van der Waals surface area (Å²) < 4.78 is 1.12. The van der Waals surface area contributed by atoms with Crippen LogP contribution >= 0.6 is 15.9 Å². The lowest BCUT2D eigenvalue weighted by Crippen LogP contribution is -2.11. The zero-order valence-corrected chi connectivity index (χ0v) is 11.2. The normalized spacial score (nSPS) is 12.4. The maximum atomic E-state index is 6.16. The molecule has 88 valence electrons. The fourth-order valence-electron chi connectivity index (χ4n) is 1.84. The second-order valence-corrected chi connectivity index (χ2v) is 5.10. The highest BCUT2D eigenvalue weighted by molar-refractivity contribution is 9.10. The first-order chi connectivity index (χ1) is 8.25. The second kappa shape index (κ2) is 5.99. The molecule has 1 atom stereocenters. The predicted molar refractivity (Wildman–Crippen MR) is 75.8 cm³/mol. The van der Waals surface area contributed by atoms with Crippen LogP contribution < -0.4 is 5.73 Å². The molecule has 0 heterocycles. The van der Waals surface area contributed by atoms with Crippen LogP contribution in [0.1, 0.15) is 23.6 Å². The van der Waals surface area contributed by atoms with Crippen LogP contribution in [-0.4, -0.2) is 0 Å². The second-order valence-electron chi connectivity index (χ2n) is 4.18. The predicted octanol–water partition coefficient (Wildman–Crippen LogP) is 4.08. The molecular formula is C15H16BrN. The van der Waals surface area contributed by atoms with Gasteiger partial charge in [-0.3, -0.25) is 0 Å².